The number of sulfonamides is 1. The van der Waals surface area contributed by atoms with Gasteiger partial charge in [-0.25, -0.2) is 13.2 Å². The molecule has 35 heavy (non-hydrogen) atoms. The highest BCUT2D eigenvalue weighted by molar-refractivity contribution is 7.89. The normalized spacial score (nSPS) is 15.7. The molecule has 1 saturated heterocycles. The van der Waals surface area contributed by atoms with Gasteiger partial charge in [-0.1, -0.05) is 35.9 Å². The lowest BCUT2D eigenvalue weighted by molar-refractivity contribution is 0.251. The van der Waals surface area contributed by atoms with Crippen molar-refractivity contribution >= 4 is 21.7 Å². The summed E-state index contributed by atoms with van der Waals surface area (Å²) in [5, 5.41) is 15.3. The molecule has 1 fully saturated rings. The van der Waals surface area contributed by atoms with E-state index in [0.717, 1.165) is 16.7 Å². The number of amides is 2. The summed E-state index contributed by atoms with van der Waals surface area (Å²) >= 11 is 0. The second-order valence-corrected chi connectivity index (χ2v) is 10.6. The standard InChI is InChI=1S/C26H27N5O3S/c1-20-4-6-22(7-5-20)26(19-27)12-15-31(16-13-26)35(33,34)24-10-8-23(9-11-24)30-25(32)29-18-21-3-2-14-28-17-21/h2-11,14,17H,12-13,15-16,18H2,1H3,(H2,29,30,32). The van der Waals surface area contributed by atoms with Crippen LogP contribution in [0.25, 0.3) is 0 Å². The molecule has 180 valence electrons. The monoisotopic (exact) mass is 489 g/mol. The van der Waals surface area contributed by atoms with E-state index < -0.39 is 21.5 Å². The highest BCUT2D eigenvalue weighted by Crippen LogP contribution is 2.36. The fraction of sp³-hybridized carbons (Fsp3) is 0.269. The Morgan fingerprint density at radius 3 is 2.37 bits per heavy atom. The summed E-state index contributed by atoms with van der Waals surface area (Å²) in [6.45, 7) is 2.85. The fourth-order valence-corrected chi connectivity index (χ4v) is 5.61. The Morgan fingerprint density at radius 2 is 1.77 bits per heavy atom. The topological polar surface area (TPSA) is 115 Å². The maximum absolute atomic E-state index is 13.2. The molecule has 0 aliphatic carbocycles. The number of carbonyl (C=O) groups excluding carboxylic acids is 1. The second-order valence-electron chi connectivity index (χ2n) is 8.66. The van der Waals surface area contributed by atoms with Gasteiger partial charge in [-0.2, -0.15) is 9.57 Å². The van der Waals surface area contributed by atoms with E-state index in [0.29, 0.717) is 25.1 Å². The van der Waals surface area contributed by atoms with Crippen LogP contribution in [0.15, 0.2) is 78.0 Å². The minimum atomic E-state index is -3.71. The molecule has 3 aromatic rings. The molecule has 4 rings (SSSR count). The molecule has 1 aromatic heterocycles. The van der Waals surface area contributed by atoms with Crippen molar-refractivity contribution in [3.8, 4) is 6.07 Å². The molecule has 1 aliphatic heterocycles. The highest BCUT2D eigenvalue weighted by Gasteiger charge is 2.40. The zero-order chi connectivity index (χ0) is 24.9. The van der Waals surface area contributed by atoms with Crippen LogP contribution in [-0.2, 0) is 22.0 Å². The zero-order valence-corrected chi connectivity index (χ0v) is 20.3. The van der Waals surface area contributed by atoms with Crippen LogP contribution in [-0.4, -0.2) is 36.8 Å². The molecule has 8 nitrogen and oxygen atoms in total. The number of hydrogen-bond acceptors (Lipinski definition) is 5. The number of rotatable bonds is 6. The quantitative estimate of drug-likeness (QED) is 0.544. The molecule has 0 radical (unpaired) electrons. The van der Waals surface area contributed by atoms with E-state index in [-0.39, 0.29) is 18.0 Å². The van der Waals surface area contributed by atoms with E-state index in [2.05, 4.69) is 21.7 Å². The van der Waals surface area contributed by atoms with Gasteiger partial charge in [0.2, 0.25) is 10.0 Å². The van der Waals surface area contributed by atoms with Gasteiger partial charge in [-0.3, -0.25) is 4.98 Å². The van der Waals surface area contributed by atoms with Crippen LogP contribution < -0.4 is 10.6 Å². The number of nitrogens with one attached hydrogen (secondary N) is 2. The number of nitrogens with zero attached hydrogens (tertiary/aromatic N) is 3. The van der Waals surface area contributed by atoms with Crippen molar-refractivity contribution in [2.24, 2.45) is 0 Å². The molecule has 2 aromatic carbocycles. The Labute approximate surface area is 205 Å². The first-order valence-electron chi connectivity index (χ1n) is 11.3. The molecule has 0 spiro atoms. The number of carbonyl (C=O) groups is 1. The van der Waals surface area contributed by atoms with Gasteiger partial charge in [0.1, 0.15) is 0 Å². The molecule has 2 N–H and O–H groups in total. The molecular weight excluding hydrogens is 462 g/mol. The minimum Gasteiger partial charge on any atom is -0.334 e. The maximum Gasteiger partial charge on any atom is 0.319 e. The number of piperidine rings is 1. The molecule has 9 heteroatoms. The van der Waals surface area contributed by atoms with Crippen LogP contribution in [0.4, 0.5) is 10.5 Å². The predicted octanol–water partition coefficient (Wildman–Crippen LogP) is 3.96. The largest absolute Gasteiger partial charge is 0.334 e. The summed E-state index contributed by atoms with van der Waals surface area (Å²) in [7, 11) is -3.71. The molecule has 0 bridgehead atoms. The summed E-state index contributed by atoms with van der Waals surface area (Å²) in [5.74, 6) is 0. The Bertz CT molecular complexity index is 1310. The van der Waals surface area contributed by atoms with Crippen LogP contribution in [0.2, 0.25) is 0 Å². The van der Waals surface area contributed by atoms with Gasteiger partial charge in [0.05, 0.1) is 16.4 Å². The first kappa shape index (κ1) is 24.4. The predicted molar refractivity (Wildman–Crippen MR) is 133 cm³/mol. The van der Waals surface area contributed by atoms with E-state index in [4.69, 9.17) is 0 Å². The number of hydrogen-bond donors (Lipinski definition) is 2. The molecule has 2 heterocycles. The van der Waals surface area contributed by atoms with Gasteiger partial charge >= 0.3 is 6.03 Å². The molecule has 1 aliphatic rings. The lowest BCUT2D eigenvalue weighted by Gasteiger charge is -2.37. The van der Waals surface area contributed by atoms with Crippen molar-refractivity contribution in [1.82, 2.24) is 14.6 Å². The van der Waals surface area contributed by atoms with Crippen molar-refractivity contribution in [2.75, 3.05) is 18.4 Å². The Morgan fingerprint density at radius 1 is 1.09 bits per heavy atom. The lowest BCUT2D eigenvalue weighted by Crippen LogP contribution is -2.44. The van der Waals surface area contributed by atoms with Crippen molar-refractivity contribution < 1.29 is 13.2 Å². The first-order chi connectivity index (χ1) is 16.8. The third-order valence-corrected chi connectivity index (χ3v) is 8.23. The first-order valence-corrected chi connectivity index (χ1v) is 12.8. The molecular formula is C26H27N5O3S. The van der Waals surface area contributed by atoms with Gasteiger partial charge < -0.3 is 10.6 Å². The van der Waals surface area contributed by atoms with Crippen molar-refractivity contribution in [2.45, 2.75) is 36.6 Å². The Kier molecular flexibility index (Phi) is 7.15. The molecule has 0 unspecified atom stereocenters. The number of anilines is 1. The van der Waals surface area contributed by atoms with Crippen LogP contribution in [0.5, 0.6) is 0 Å². The van der Waals surface area contributed by atoms with Gasteiger partial charge in [0, 0.05) is 37.7 Å². The van der Waals surface area contributed by atoms with Gasteiger partial charge in [-0.05, 0) is 61.2 Å². The van der Waals surface area contributed by atoms with Crippen LogP contribution in [0, 0.1) is 18.3 Å². The lowest BCUT2D eigenvalue weighted by atomic mass is 9.74. The maximum atomic E-state index is 13.2. The van der Waals surface area contributed by atoms with Crippen molar-refractivity contribution in [3.05, 3.63) is 89.7 Å². The fourth-order valence-electron chi connectivity index (χ4n) is 4.17. The van der Waals surface area contributed by atoms with Crippen LogP contribution in [0.3, 0.4) is 0 Å². The van der Waals surface area contributed by atoms with Gasteiger partial charge in [0.25, 0.3) is 0 Å². The number of pyridine rings is 1. The number of urea groups is 1. The third kappa shape index (κ3) is 5.50. The van der Waals surface area contributed by atoms with E-state index in [1.807, 2.05) is 37.3 Å². The molecule has 0 saturated carbocycles. The highest BCUT2D eigenvalue weighted by atomic mass is 32.2. The smallest absolute Gasteiger partial charge is 0.319 e. The molecule has 0 atom stereocenters. The van der Waals surface area contributed by atoms with Crippen molar-refractivity contribution in [3.63, 3.8) is 0 Å². The van der Waals surface area contributed by atoms with E-state index in [1.54, 1.807) is 30.6 Å². The number of aromatic nitrogens is 1. The summed E-state index contributed by atoms with van der Waals surface area (Å²) < 4.78 is 27.8. The summed E-state index contributed by atoms with van der Waals surface area (Å²) in [6.07, 6.45) is 4.19. The van der Waals surface area contributed by atoms with E-state index >= 15 is 0 Å². The number of aryl methyl sites for hydroxylation is 1. The third-order valence-electron chi connectivity index (χ3n) is 6.32. The van der Waals surface area contributed by atoms with Crippen molar-refractivity contribution in [1.29, 1.82) is 5.26 Å². The van der Waals surface area contributed by atoms with Gasteiger partial charge in [0.15, 0.2) is 0 Å². The van der Waals surface area contributed by atoms with E-state index in [9.17, 15) is 18.5 Å². The Hall–Kier alpha value is -3.74. The van der Waals surface area contributed by atoms with Crippen LogP contribution in [0.1, 0.15) is 29.5 Å². The minimum absolute atomic E-state index is 0.151. The summed E-state index contributed by atoms with van der Waals surface area (Å²) in [5.41, 5.74) is 2.71. The summed E-state index contributed by atoms with van der Waals surface area (Å²) in [6, 6.07) is 19.7. The average molecular weight is 490 g/mol. The van der Waals surface area contributed by atoms with Crippen LogP contribution >= 0.6 is 0 Å². The number of benzene rings is 2. The summed E-state index contributed by atoms with van der Waals surface area (Å²) in [4.78, 5) is 16.3. The average Bonchev–Trinajstić information content (AvgIpc) is 2.89. The number of nitriles is 1. The SMILES string of the molecule is Cc1ccc(C2(C#N)CCN(S(=O)(=O)c3ccc(NC(=O)NCc4cccnc4)cc3)CC2)cc1. The second kappa shape index (κ2) is 10.3. The van der Waals surface area contributed by atoms with E-state index in [1.165, 1.54) is 16.4 Å². The van der Waals surface area contributed by atoms with Gasteiger partial charge in [-0.15, -0.1) is 0 Å². The zero-order valence-electron chi connectivity index (χ0n) is 19.4. The molecule has 2 amide bonds. The Balaban J connectivity index is 1.37.